The van der Waals surface area contributed by atoms with Gasteiger partial charge in [0.2, 0.25) is 10.0 Å². The summed E-state index contributed by atoms with van der Waals surface area (Å²) in [5.41, 5.74) is 1.69. The lowest BCUT2D eigenvalue weighted by Crippen LogP contribution is -2.30. The molecule has 1 amide bonds. The van der Waals surface area contributed by atoms with Crippen LogP contribution < -0.4 is 0 Å². The van der Waals surface area contributed by atoms with Crippen LogP contribution in [0.2, 0.25) is 0 Å². The van der Waals surface area contributed by atoms with Crippen molar-refractivity contribution in [1.82, 2.24) is 19.2 Å². The van der Waals surface area contributed by atoms with Crippen LogP contribution in [0.15, 0.2) is 47.4 Å². The van der Waals surface area contributed by atoms with Gasteiger partial charge in [-0.05, 0) is 44.0 Å². The number of aryl methyl sites for hydroxylation is 1. The molecule has 1 aromatic heterocycles. The molecule has 0 bridgehead atoms. The number of carbonyl (C=O) groups is 1. The van der Waals surface area contributed by atoms with Crippen molar-refractivity contribution in [3.8, 4) is 0 Å². The summed E-state index contributed by atoms with van der Waals surface area (Å²) in [4.78, 5) is 22.9. The third kappa shape index (κ3) is 4.15. The Hall–Kier alpha value is -2.91. The lowest BCUT2D eigenvalue weighted by Gasteiger charge is -2.19. The Morgan fingerprint density at radius 2 is 1.84 bits per heavy atom. The number of fused-ring (bicyclic) bond motifs is 1. The van der Waals surface area contributed by atoms with Crippen molar-refractivity contribution in [2.24, 2.45) is 0 Å². The minimum absolute atomic E-state index is 0.0965. The summed E-state index contributed by atoms with van der Waals surface area (Å²) in [5, 5.41) is 0.940. The lowest BCUT2D eigenvalue weighted by atomic mass is 10.2. The van der Waals surface area contributed by atoms with E-state index in [0.717, 1.165) is 41.6 Å². The summed E-state index contributed by atoms with van der Waals surface area (Å²) in [6, 6.07) is 11.1. The van der Waals surface area contributed by atoms with E-state index in [1.807, 2.05) is 31.2 Å². The molecule has 9 heteroatoms. The summed E-state index contributed by atoms with van der Waals surface area (Å²) in [5.74, 6) is -0.828. The van der Waals surface area contributed by atoms with E-state index in [9.17, 15) is 17.6 Å². The molecule has 1 saturated heterocycles. The predicted octanol–water partition coefficient (Wildman–Crippen LogP) is 3.13. The molecule has 0 N–H and O–H groups in total. The van der Waals surface area contributed by atoms with Crippen LogP contribution in [-0.2, 0) is 16.6 Å². The molecule has 0 aliphatic carbocycles. The quantitative estimate of drug-likeness (QED) is 0.606. The summed E-state index contributed by atoms with van der Waals surface area (Å²) in [6.07, 6.45) is 1.49. The number of hydrogen-bond acceptors (Lipinski definition) is 5. The number of sulfonamides is 1. The average molecular weight is 443 g/mol. The van der Waals surface area contributed by atoms with E-state index in [2.05, 4.69) is 9.97 Å². The normalized spacial score (nSPS) is 14.8. The summed E-state index contributed by atoms with van der Waals surface area (Å²) < 4.78 is 41.2. The maximum atomic E-state index is 14.4. The van der Waals surface area contributed by atoms with Gasteiger partial charge in [0.05, 0.1) is 12.1 Å². The van der Waals surface area contributed by atoms with Crippen molar-refractivity contribution in [1.29, 1.82) is 0 Å². The van der Waals surface area contributed by atoms with Gasteiger partial charge in [-0.1, -0.05) is 18.2 Å². The van der Waals surface area contributed by atoms with Gasteiger partial charge >= 0.3 is 0 Å². The monoisotopic (exact) mass is 442 g/mol. The Morgan fingerprint density at radius 3 is 2.58 bits per heavy atom. The number of hydrogen-bond donors (Lipinski definition) is 0. The first-order valence-corrected chi connectivity index (χ1v) is 11.5. The molecule has 0 atom stereocenters. The number of carbonyl (C=O) groups excluding carboxylic acids is 1. The number of para-hydroxylation sites is 1. The van der Waals surface area contributed by atoms with Crippen molar-refractivity contribution in [2.45, 2.75) is 31.2 Å². The van der Waals surface area contributed by atoms with E-state index in [-0.39, 0.29) is 12.1 Å². The van der Waals surface area contributed by atoms with Crippen LogP contribution in [-0.4, -0.2) is 53.6 Å². The highest BCUT2D eigenvalue weighted by atomic mass is 32.2. The van der Waals surface area contributed by atoms with Crippen LogP contribution in [0, 0.1) is 12.7 Å². The third-order valence-corrected chi connectivity index (χ3v) is 7.34. The van der Waals surface area contributed by atoms with E-state index >= 15 is 0 Å². The van der Waals surface area contributed by atoms with Gasteiger partial charge in [0.25, 0.3) is 5.91 Å². The van der Waals surface area contributed by atoms with Crippen LogP contribution in [0.3, 0.4) is 0 Å². The SMILES string of the molecule is Cc1nc(CN(C)C(=O)c2ccc(F)c(S(=O)(=O)N3CCCC3)c2)nc2ccccc12. The number of amides is 1. The van der Waals surface area contributed by atoms with Crippen molar-refractivity contribution in [2.75, 3.05) is 20.1 Å². The van der Waals surface area contributed by atoms with Crippen LogP contribution in [0.5, 0.6) is 0 Å². The fraction of sp³-hybridized carbons (Fsp3) is 0.318. The van der Waals surface area contributed by atoms with Crippen LogP contribution >= 0.6 is 0 Å². The van der Waals surface area contributed by atoms with E-state index in [4.69, 9.17) is 0 Å². The molecule has 2 aromatic carbocycles. The van der Waals surface area contributed by atoms with Crippen LogP contribution in [0.1, 0.15) is 34.7 Å². The van der Waals surface area contributed by atoms with Crippen molar-refractivity contribution >= 4 is 26.8 Å². The summed E-state index contributed by atoms with van der Waals surface area (Å²) >= 11 is 0. The lowest BCUT2D eigenvalue weighted by molar-refractivity contribution is 0.0781. The predicted molar refractivity (Wildman–Crippen MR) is 114 cm³/mol. The first-order chi connectivity index (χ1) is 14.8. The number of rotatable bonds is 5. The number of aromatic nitrogens is 2. The Morgan fingerprint density at radius 1 is 1.13 bits per heavy atom. The molecule has 7 nitrogen and oxygen atoms in total. The number of nitrogens with zero attached hydrogens (tertiary/aromatic N) is 4. The number of benzene rings is 2. The summed E-state index contributed by atoms with van der Waals surface area (Å²) in [6.45, 7) is 2.73. The summed E-state index contributed by atoms with van der Waals surface area (Å²) in [7, 11) is -2.40. The first-order valence-electron chi connectivity index (χ1n) is 10.0. The highest BCUT2D eigenvalue weighted by molar-refractivity contribution is 7.89. The third-order valence-electron chi connectivity index (χ3n) is 5.43. The van der Waals surface area contributed by atoms with Gasteiger partial charge in [-0.3, -0.25) is 4.79 Å². The molecule has 31 heavy (non-hydrogen) atoms. The largest absolute Gasteiger partial charge is 0.334 e. The fourth-order valence-corrected chi connectivity index (χ4v) is 5.38. The first kappa shape index (κ1) is 21.3. The zero-order valence-corrected chi connectivity index (χ0v) is 18.2. The molecule has 1 aliphatic rings. The van der Waals surface area contributed by atoms with Crippen molar-refractivity contribution < 1.29 is 17.6 Å². The second-order valence-corrected chi connectivity index (χ2v) is 9.57. The van der Waals surface area contributed by atoms with Gasteiger partial charge in [0.1, 0.15) is 16.5 Å². The van der Waals surface area contributed by atoms with Crippen molar-refractivity contribution in [3.05, 3.63) is 65.4 Å². The van der Waals surface area contributed by atoms with E-state index in [0.29, 0.717) is 18.9 Å². The molecule has 162 valence electrons. The van der Waals surface area contributed by atoms with Gasteiger partial charge in [0.15, 0.2) is 0 Å². The topological polar surface area (TPSA) is 83.5 Å². The fourth-order valence-electron chi connectivity index (χ4n) is 3.77. The minimum atomic E-state index is -3.98. The van der Waals surface area contributed by atoms with Gasteiger partial charge in [-0.2, -0.15) is 4.31 Å². The Balaban J connectivity index is 1.59. The van der Waals surface area contributed by atoms with Crippen LogP contribution in [0.25, 0.3) is 10.9 Å². The van der Waals surface area contributed by atoms with Gasteiger partial charge in [0, 0.05) is 36.8 Å². The molecule has 0 spiro atoms. The second kappa shape index (κ2) is 8.32. The zero-order chi connectivity index (χ0) is 22.2. The standard InChI is InChI=1S/C22H23FN4O3S/c1-15-17-7-3-4-8-19(17)25-21(24-15)14-26(2)22(28)16-9-10-18(23)20(13-16)31(29,30)27-11-5-6-12-27/h3-4,7-10,13H,5-6,11-12,14H2,1-2H3. The number of halogens is 1. The molecule has 1 fully saturated rings. The molecule has 1 aliphatic heterocycles. The Kier molecular flexibility index (Phi) is 5.72. The van der Waals surface area contributed by atoms with Crippen molar-refractivity contribution in [3.63, 3.8) is 0 Å². The molecule has 2 heterocycles. The molecule has 3 aromatic rings. The molecular formula is C22H23FN4O3S. The van der Waals surface area contributed by atoms with E-state index in [1.165, 1.54) is 15.3 Å². The molecule has 0 radical (unpaired) electrons. The van der Waals surface area contributed by atoms with E-state index in [1.54, 1.807) is 7.05 Å². The zero-order valence-electron chi connectivity index (χ0n) is 17.4. The van der Waals surface area contributed by atoms with E-state index < -0.39 is 26.6 Å². The Bertz CT molecular complexity index is 1260. The van der Waals surface area contributed by atoms with Crippen LogP contribution in [0.4, 0.5) is 4.39 Å². The smallest absolute Gasteiger partial charge is 0.254 e. The average Bonchev–Trinajstić information content (AvgIpc) is 3.29. The minimum Gasteiger partial charge on any atom is -0.334 e. The van der Waals surface area contributed by atoms with Gasteiger partial charge in [-0.25, -0.2) is 22.8 Å². The molecular weight excluding hydrogens is 419 g/mol. The maximum absolute atomic E-state index is 14.4. The van der Waals surface area contributed by atoms with Gasteiger partial charge in [-0.15, -0.1) is 0 Å². The Labute approximate surface area is 180 Å². The molecule has 0 saturated carbocycles. The highest BCUT2D eigenvalue weighted by Crippen LogP contribution is 2.25. The highest BCUT2D eigenvalue weighted by Gasteiger charge is 2.30. The maximum Gasteiger partial charge on any atom is 0.254 e. The second-order valence-electron chi connectivity index (χ2n) is 7.66. The molecule has 4 rings (SSSR count). The molecule has 0 unspecified atom stereocenters. The van der Waals surface area contributed by atoms with Gasteiger partial charge < -0.3 is 4.90 Å².